The number of carboxylic acid groups (broad SMARTS) is 1. The normalized spacial score (nSPS) is 30.7. The van der Waals surface area contributed by atoms with Crippen LogP contribution < -0.4 is 0 Å². The van der Waals surface area contributed by atoms with Gasteiger partial charge in [-0.05, 0) is 36.0 Å². The number of carboxylic acids is 1. The molecule has 6 heteroatoms. The Bertz CT molecular complexity index is 725. The van der Waals surface area contributed by atoms with Gasteiger partial charge in [-0.1, -0.05) is 24.3 Å². The molecule has 3 aliphatic rings. The van der Waals surface area contributed by atoms with Crippen LogP contribution in [0.15, 0.2) is 36.4 Å². The fourth-order valence-electron chi connectivity index (χ4n) is 4.68. The van der Waals surface area contributed by atoms with Crippen LogP contribution in [0.2, 0.25) is 0 Å². The van der Waals surface area contributed by atoms with Gasteiger partial charge in [0, 0.05) is 32.7 Å². The van der Waals surface area contributed by atoms with Crippen LogP contribution in [0.4, 0.5) is 4.39 Å². The summed E-state index contributed by atoms with van der Waals surface area (Å²) in [6.07, 6.45) is 4.78. The van der Waals surface area contributed by atoms with Gasteiger partial charge in [-0.2, -0.15) is 0 Å². The number of hydrogen-bond acceptors (Lipinski definition) is 3. The van der Waals surface area contributed by atoms with Crippen LogP contribution in [0.5, 0.6) is 0 Å². The van der Waals surface area contributed by atoms with Gasteiger partial charge in [0.15, 0.2) is 0 Å². The average molecular weight is 358 g/mol. The molecule has 0 radical (unpaired) electrons. The number of rotatable bonds is 4. The molecule has 4 rings (SSSR count). The summed E-state index contributed by atoms with van der Waals surface area (Å²) in [5, 5.41) is 9.54. The van der Waals surface area contributed by atoms with Crippen LogP contribution in [0.3, 0.4) is 0 Å². The van der Waals surface area contributed by atoms with Crippen molar-refractivity contribution in [1.29, 1.82) is 0 Å². The second-order valence-electron chi connectivity index (χ2n) is 7.57. The van der Waals surface area contributed by atoms with Crippen molar-refractivity contribution in [2.45, 2.75) is 13.0 Å². The van der Waals surface area contributed by atoms with Gasteiger partial charge in [0.25, 0.3) is 0 Å². The summed E-state index contributed by atoms with van der Waals surface area (Å²) in [5.74, 6) is -2.00. The monoisotopic (exact) mass is 358 g/mol. The first-order valence-corrected chi connectivity index (χ1v) is 9.19. The maximum absolute atomic E-state index is 13.0. The molecule has 2 aliphatic carbocycles. The number of piperazine rings is 1. The van der Waals surface area contributed by atoms with E-state index in [1.165, 1.54) is 12.1 Å². The summed E-state index contributed by atoms with van der Waals surface area (Å²) < 4.78 is 13.0. The number of allylic oxidation sites excluding steroid dienone is 2. The molecule has 1 N–H and O–H groups in total. The lowest BCUT2D eigenvalue weighted by molar-refractivity contribution is -0.151. The van der Waals surface area contributed by atoms with Crippen LogP contribution >= 0.6 is 0 Å². The molecule has 1 aliphatic heterocycles. The third kappa shape index (κ3) is 3.14. The first-order valence-electron chi connectivity index (χ1n) is 9.19. The van der Waals surface area contributed by atoms with E-state index >= 15 is 0 Å². The van der Waals surface area contributed by atoms with Crippen molar-refractivity contribution in [2.24, 2.45) is 23.7 Å². The molecule has 0 spiro atoms. The first kappa shape index (κ1) is 17.2. The molecule has 138 valence electrons. The van der Waals surface area contributed by atoms with Crippen molar-refractivity contribution in [3.8, 4) is 0 Å². The second kappa shape index (κ2) is 6.83. The van der Waals surface area contributed by atoms with E-state index < -0.39 is 17.8 Å². The minimum absolute atomic E-state index is 0.00400. The third-order valence-corrected chi connectivity index (χ3v) is 6.03. The lowest BCUT2D eigenvalue weighted by atomic mass is 9.82. The average Bonchev–Trinajstić information content (AvgIpc) is 3.25. The number of carbonyl (C=O) groups excluding carboxylic acids is 1. The standard InChI is InChI=1S/C20H23FN2O3/c21-16-5-1-13(2-6-16)12-22-7-9-23(10-8-22)19(24)17-14-3-4-15(11-14)18(17)20(25)26/h1-6,14-15,17-18H,7-12H2,(H,25,26). The molecule has 26 heavy (non-hydrogen) atoms. The predicted octanol–water partition coefficient (Wildman–Crippen LogP) is 1.99. The Morgan fingerprint density at radius 3 is 2.23 bits per heavy atom. The second-order valence-corrected chi connectivity index (χ2v) is 7.57. The van der Waals surface area contributed by atoms with Crippen molar-refractivity contribution in [2.75, 3.05) is 26.2 Å². The Kier molecular flexibility index (Phi) is 4.53. The number of halogens is 1. The number of hydrogen-bond donors (Lipinski definition) is 1. The molecule has 4 unspecified atom stereocenters. The Balaban J connectivity index is 1.36. The van der Waals surface area contributed by atoms with E-state index in [-0.39, 0.29) is 23.6 Å². The van der Waals surface area contributed by atoms with Crippen LogP contribution in [0.1, 0.15) is 12.0 Å². The summed E-state index contributed by atoms with van der Waals surface area (Å²) in [7, 11) is 0. The summed E-state index contributed by atoms with van der Waals surface area (Å²) in [4.78, 5) is 28.7. The molecule has 1 aromatic rings. The number of amides is 1. The highest BCUT2D eigenvalue weighted by Gasteiger charge is 2.52. The SMILES string of the molecule is O=C(O)C1C2C=CC(C2)C1C(=O)N1CCN(Cc2ccc(F)cc2)CC1. The number of aliphatic carboxylic acids is 1. The minimum Gasteiger partial charge on any atom is -0.481 e. The molecular weight excluding hydrogens is 335 g/mol. The maximum atomic E-state index is 13.0. The molecule has 0 aromatic heterocycles. The zero-order valence-corrected chi connectivity index (χ0v) is 14.6. The summed E-state index contributed by atoms with van der Waals surface area (Å²) in [5.41, 5.74) is 1.05. The van der Waals surface area contributed by atoms with Gasteiger partial charge >= 0.3 is 5.97 Å². The van der Waals surface area contributed by atoms with E-state index in [2.05, 4.69) is 4.90 Å². The van der Waals surface area contributed by atoms with Crippen molar-refractivity contribution < 1.29 is 19.1 Å². The van der Waals surface area contributed by atoms with Crippen LogP contribution in [-0.2, 0) is 16.1 Å². The highest BCUT2D eigenvalue weighted by atomic mass is 19.1. The van der Waals surface area contributed by atoms with Gasteiger partial charge in [-0.15, -0.1) is 0 Å². The largest absolute Gasteiger partial charge is 0.481 e. The first-order chi connectivity index (χ1) is 12.5. The van der Waals surface area contributed by atoms with E-state index in [9.17, 15) is 19.1 Å². The van der Waals surface area contributed by atoms with Gasteiger partial charge < -0.3 is 10.0 Å². The fourth-order valence-corrected chi connectivity index (χ4v) is 4.68. The van der Waals surface area contributed by atoms with Gasteiger partial charge in [0.2, 0.25) is 5.91 Å². The van der Waals surface area contributed by atoms with E-state index in [0.717, 1.165) is 31.6 Å². The highest BCUT2D eigenvalue weighted by molar-refractivity contribution is 5.87. The molecule has 4 atom stereocenters. The Hall–Kier alpha value is -2.21. The van der Waals surface area contributed by atoms with E-state index in [1.807, 2.05) is 17.1 Å². The van der Waals surface area contributed by atoms with Gasteiger partial charge in [-0.25, -0.2) is 4.39 Å². The number of nitrogens with zero attached hydrogens (tertiary/aromatic N) is 2. The summed E-state index contributed by atoms with van der Waals surface area (Å²) in [6.45, 7) is 3.46. The predicted molar refractivity (Wildman–Crippen MR) is 93.6 cm³/mol. The van der Waals surface area contributed by atoms with Crippen LogP contribution in [0.25, 0.3) is 0 Å². The van der Waals surface area contributed by atoms with Crippen molar-refractivity contribution in [1.82, 2.24) is 9.80 Å². The van der Waals surface area contributed by atoms with Crippen molar-refractivity contribution in [3.05, 3.63) is 47.8 Å². The number of benzene rings is 1. The van der Waals surface area contributed by atoms with E-state index in [1.54, 1.807) is 12.1 Å². The Labute approximate surface area is 152 Å². The minimum atomic E-state index is -0.852. The molecule has 1 aromatic carbocycles. The van der Waals surface area contributed by atoms with Crippen molar-refractivity contribution >= 4 is 11.9 Å². The third-order valence-electron chi connectivity index (χ3n) is 6.03. The lowest BCUT2D eigenvalue weighted by Gasteiger charge is -2.37. The van der Waals surface area contributed by atoms with E-state index in [0.29, 0.717) is 13.1 Å². The molecule has 2 fully saturated rings. The smallest absolute Gasteiger partial charge is 0.307 e. The van der Waals surface area contributed by atoms with Gasteiger partial charge in [0.05, 0.1) is 11.8 Å². The molecule has 1 saturated carbocycles. The van der Waals surface area contributed by atoms with Gasteiger partial charge in [0.1, 0.15) is 5.82 Å². The quantitative estimate of drug-likeness (QED) is 0.837. The summed E-state index contributed by atoms with van der Waals surface area (Å²) >= 11 is 0. The topological polar surface area (TPSA) is 60.9 Å². The molecule has 1 amide bonds. The number of fused-ring (bicyclic) bond motifs is 2. The van der Waals surface area contributed by atoms with Crippen LogP contribution in [0, 0.1) is 29.5 Å². The number of carbonyl (C=O) groups is 2. The van der Waals surface area contributed by atoms with Crippen LogP contribution in [-0.4, -0.2) is 53.0 Å². The van der Waals surface area contributed by atoms with E-state index in [4.69, 9.17) is 0 Å². The fraction of sp³-hybridized carbons (Fsp3) is 0.500. The highest BCUT2D eigenvalue weighted by Crippen LogP contribution is 2.48. The Morgan fingerprint density at radius 1 is 1.00 bits per heavy atom. The van der Waals surface area contributed by atoms with Crippen molar-refractivity contribution in [3.63, 3.8) is 0 Å². The lowest BCUT2D eigenvalue weighted by Crippen LogP contribution is -2.52. The Morgan fingerprint density at radius 2 is 1.62 bits per heavy atom. The zero-order chi connectivity index (χ0) is 18.3. The molecule has 5 nitrogen and oxygen atoms in total. The molecule has 2 bridgehead atoms. The summed E-state index contributed by atoms with van der Waals surface area (Å²) in [6, 6.07) is 6.49. The molecule has 1 saturated heterocycles. The molecular formula is C20H23FN2O3. The molecule has 1 heterocycles. The van der Waals surface area contributed by atoms with Gasteiger partial charge in [-0.3, -0.25) is 14.5 Å². The maximum Gasteiger partial charge on any atom is 0.307 e. The zero-order valence-electron chi connectivity index (χ0n) is 14.6.